The second kappa shape index (κ2) is 5.96. The number of rotatable bonds is 3. The summed E-state index contributed by atoms with van der Waals surface area (Å²) in [6.07, 6.45) is 1.26. The molecule has 0 spiro atoms. The fourth-order valence-corrected chi connectivity index (χ4v) is 0.454. The quantitative estimate of drug-likeness (QED) is 0.300. The molecule has 0 fully saturated rings. The molecule has 0 aliphatic rings. The fourth-order valence-electron chi connectivity index (χ4n) is 0.151. The van der Waals surface area contributed by atoms with Crippen molar-refractivity contribution in [1.29, 1.82) is 0 Å². The van der Waals surface area contributed by atoms with E-state index >= 15 is 0 Å². The topological polar surface area (TPSA) is 60.4 Å². The first kappa shape index (κ1) is 12.9. The molecule has 0 unspecified atom stereocenters. The van der Waals surface area contributed by atoms with Gasteiger partial charge in [0.15, 0.2) is 0 Å². The minimum atomic E-state index is -3.42. The van der Waals surface area contributed by atoms with Crippen LogP contribution in [-0.4, -0.2) is 79.0 Å². The van der Waals surface area contributed by atoms with Crippen molar-refractivity contribution < 1.29 is 17.4 Å². The molecule has 0 saturated heterocycles. The number of aldehydes is 1. The normalized spacial score (nSPS) is 9.89. The molecule has 4 nitrogen and oxygen atoms in total. The van der Waals surface area contributed by atoms with Gasteiger partial charge in [0.25, 0.3) is 10.1 Å². The van der Waals surface area contributed by atoms with Crippen LogP contribution in [0, 0.1) is 0 Å². The average molecular weight is 178 g/mol. The SMILES string of the molecule is CS(=O)(=O)OCC=O.[KH]. The predicted octanol–water partition coefficient (Wildman–Crippen LogP) is -1.49. The molecule has 0 N–H and O–H groups in total. The summed E-state index contributed by atoms with van der Waals surface area (Å²) in [4.78, 5) is 9.46. The van der Waals surface area contributed by atoms with E-state index < -0.39 is 16.7 Å². The van der Waals surface area contributed by atoms with Crippen molar-refractivity contribution >= 4 is 67.8 Å². The Labute approximate surface area is 96.5 Å². The van der Waals surface area contributed by atoms with Crippen molar-refractivity contribution in [2.24, 2.45) is 0 Å². The molecule has 0 bridgehead atoms. The maximum absolute atomic E-state index is 10.0. The number of carbonyl (C=O) groups is 1. The van der Waals surface area contributed by atoms with Crippen molar-refractivity contribution in [1.82, 2.24) is 0 Å². The number of hydrogen-bond acceptors (Lipinski definition) is 4. The third-order valence-electron chi connectivity index (χ3n) is 0.350. The van der Waals surface area contributed by atoms with Crippen molar-refractivity contribution in [3.05, 3.63) is 0 Å². The first-order valence-electron chi connectivity index (χ1n) is 1.84. The van der Waals surface area contributed by atoms with Gasteiger partial charge in [0.1, 0.15) is 12.9 Å². The molecule has 50 valence electrons. The molecule has 0 rings (SSSR count). The third-order valence-corrected chi connectivity index (χ3v) is 0.914. The molecule has 0 aromatic carbocycles. The maximum atomic E-state index is 10.0. The van der Waals surface area contributed by atoms with Crippen LogP contribution in [-0.2, 0) is 19.1 Å². The van der Waals surface area contributed by atoms with Gasteiger partial charge in [0, 0.05) is 0 Å². The van der Waals surface area contributed by atoms with Crippen LogP contribution in [0.5, 0.6) is 0 Å². The van der Waals surface area contributed by atoms with Crippen LogP contribution in [0.15, 0.2) is 0 Å². The van der Waals surface area contributed by atoms with E-state index in [2.05, 4.69) is 4.18 Å². The fraction of sp³-hybridized carbons (Fsp3) is 0.667. The summed E-state index contributed by atoms with van der Waals surface area (Å²) in [6.45, 7) is -0.390. The Balaban J connectivity index is 0. The second-order valence-corrected chi connectivity index (χ2v) is 2.80. The summed E-state index contributed by atoms with van der Waals surface area (Å²) in [6, 6.07) is 0. The van der Waals surface area contributed by atoms with Gasteiger partial charge in [-0.2, -0.15) is 8.42 Å². The van der Waals surface area contributed by atoms with Crippen molar-refractivity contribution in [2.75, 3.05) is 12.9 Å². The van der Waals surface area contributed by atoms with Crippen LogP contribution >= 0.6 is 0 Å². The van der Waals surface area contributed by atoms with E-state index in [9.17, 15) is 13.2 Å². The van der Waals surface area contributed by atoms with Crippen molar-refractivity contribution in [3.63, 3.8) is 0 Å². The van der Waals surface area contributed by atoms with E-state index in [1.807, 2.05) is 0 Å². The Hall–Kier alpha value is 1.22. The summed E-state index contributed by atoms with van der Waals surface area (Å²) in [5.41, 5.74) is 0. The van der Waals surface area contributed by atoms with E-state index in [-0.39, 0.29) is 51.4 Å². The monoisotopic (exact) mass is 178 g/mol. The zero-order valence-electron chi connectivity index (χ0n) is 4.33. The van der Waals surface area contributed by atoms with Gasteiger partial charge >= 0.3 is 51.4 Å². The van der Waals surface area contributed by atoms with Crippen LogP contribution in [0.3, 0.4) is 0 Å². The Kier molecular flexibility index (Phi) is 8.51. The number of hydrogen-bond donors (Lipinski definition) is 0. The van der Waals surface area contributed by atoms with Crippen molar-refractivity contribution in [3.8, 4) is 0 Å². The van der Waals surface area contributed by atoms with E-state index in [0.29, 0.717) is 6.29 Å². The molecule has 0 aromatic heterocycles. The first-order chi connectivity index (χ1) is 3.56. The van der Waals surface area contributed by atoms with Crippen LogP contribution in [0.2, 0.25) is 0 Å². The Morgan fingerprint density at radius 1 is 1.56 bits per heavy atom. The first-order valence-corrected chi connectivity index (χ1v) is 3.66. The van der Waals surface area contributed by atoms with Gasteiger partial charge in [-0.15, -0.1) is 0 Å². The summed E-state index contributed by atoms with van der Waals surface area (Å²) in [5.74, 6) is 0. The van der Waals surface area contributed by atoms with Gasteiger partial charge in [-0.05, 0) is 0 Å². The molecular formula is C3H7KO4S. The molecular weight excluding hydrogens is 171 g/mol. The standard InChI is InChI=1S/C3H6O4S.K.H/c1-8(5,6)7-3-2-4;;/h2H,3H2,1H3;;. The summed E-state index contributed by atoms with van der Waals surface area (Å²) in [7, 11) is -3.42. The summed E-state index contributed by atoms with van der Waals surface area (Å²) in [5, 5.41) is 0. The molecule has 0 aliphatic heterocycles. The third kappa shape index (κ3) is 12.4. The van der Waals surface area contributed by atoms with E-state index in [1.54, 1.807) is 0 Å². The zero-order valence-corrected chi connectivity index (χ0v) is 5.14. The molecule has 0 aliphatic carbocycles. The van der Waals surface area contributed by atoms with Gasteiger partial charge in [-0.25, -0.2) is 0 Å². The summed E-state index contributed by atoms with van der Waals surface area (Å²) >= 11 is 0. The molecule has 0 atom stereocenters. The molecule has 6 heteroatoms. The molecule has 0 saturated carbocycles. The Morgan fingerprint density at radius 3 is 2.11 bits per heavy atom. The second-order valence-electron chi connectivity index (χ2n) is 1.16. The van der Waals surface area contributed by atoms with E-state index in [0.717, 1.165) is 6.26 Å². The van der Waals surface area contributed by atoms with E-state index in [1.165, 1.54) is 0 Å². The summed E-state index contributed by atoms with van der Waals surface area (Å²) < 4.78 is 24.0. The van der Waals surface area contributed by atoms with Crippen LogP contribution in [0.1, 0.15) is 0 Å². The Bertz CT molecular complexity index is 161. The van der Waals surface area contributed by atoms with Crippen LogP contribution in [0.4, 0.5) is 0 Å². The van der Waals surface area contributed by atoms with Gasteiger partial charge < -0.3 is 4.79 Å². The van der Waals surface area contributed by atoms with Crippen LogP contribution in [0.25, 0.3) is 0 Å². The van der Waals surface area contributed by atoms with Gasteiger partial charge in [-0.3, -0.25) is 4.18 Å². The predicted molar refractivity (Wildman–Crippen MR) is 34.0 cm³/mol. The van der Waals surface area contributed by atoms with Gasteiger partial charge in [0.05, 0.1) is 6.26 Å². The molecule has 0 aromatic rings. The number of carbonyl (C=O) groups excluding carboxylic acids is 1. The molecule has 0 radical (unpaired) electrons. The zero-order chi connectivity index (χ0) is 6.62. The molecule has 9 heavy (non-hydrogen) atoms. The molecule has 0 heterocycles. The van der Waals surface area contributed by atoms with E-state index in [4.69, 9.17) is 0 Å². The van der Waals surface area contributed by atoms with Crippen LogP contribution < -0.4 is 0 Å². The van der Waals surface area contributed by atoms with Gasteiger partial charge in [-0.1, -0.05) is 0 Å². The average Bonchev–Trinajstić information content (AvgIpc) is 1.59. The minimum absolute atomic E-state index is 0. The Morgan fingerprint density at radius 2 is 2.00 bits per heavy atom. The van der Waals surface area contributed by atoms with Crippen molar-refractivity contribution in [2.45, 2.75) is 0 Å². The van der Waals surface area contributed by atoms with Gasteiger partial charge in [0.2, 0.25) is 0 Å². The molecule has 0 amide bonds.